The zero-order valence-corrected chi connectivity index (χ0v) is 14.1. The molecule has 0 saturated heterocycles. The lowest BCUT2D eigenvalue weighted by Gasteiger charge is -2.14. The second kappa shape index (κ2) is 7.49. The van der Waals surface area contributed by atoms with Gasteiger partial charge in [-0.2, -0.15) is 0 Å². The molecule has 0 heterocycles. The topological polar surface area (TPSA) is 55.4 Å². The molecule has 0 aromatic heterocycles. The monoisotopic (exact) mass is 351 g/mol. The van der Waals surface area contributed by atoms with Gasteiger partial charge in [-0.15, -0.1) is 0 Å². The molecule has 0 aliphatic carbocycles. The molecule has 0 unspecified atom stereocenters. The van der Waals surface area contributed by atoms with Gasteiger partial charge < -0.3 is 10.1 Å². The summed E-state index contributed by atoms with van der Waals surface area (Å²) in [5, 5.41) is 3.27. The molecule has 1 atom stereocenters. The van der Waals surface area contributed by atoms with Crippen molar-refractivity contribution in [2.24, 2.45) is 0 Å². The number of aryl methyl sites for hydroxylation is 1. The summed E-state index contributed by atoms with van der Waals surface area (Å²) in [5.74, 6) is -1.11. The van der Waals surface area contributed by atoms with Crippen LogP contribution in [0.2, 0.25) is 10.0 Å². The van der Waals surface area contributed by atoms with Crippen LogP contribution in [-0.4, -0.2) is 18.0 Å². The van der Waals surface area contributed by atoms with Gasteiger partial charge in [0.05, 0.1) is 10.6 Å². The fourth-order valence-electron chi connectivity index (χ4n) is 1.81. The minimum Gasteiger partial charge on any atom is -0.449 e. The Morgan fingerprint density at radius 3 is 2.35 bits per heavy atom. The first-order valence-electron chi connectivity index (χ1n) is 6.90. The van der Waals surface area contributed by atoms with Gasteiger partial charge in [-0.3, -0.25) is 4.79 Å². The Morgan fingerprint density at radius 2 is 1.74 bits per heavy atom. The molecular weight excluding hydrogens is 337 g/mol. The maximum Gasteiger partial charge on any atom is 0.340 e. The van der Waals surface area contributed by atoms with Gasteiger partial charge >= 0.3 is 5.97 Å². The first-order valence-corrected chi connectivity index (χ1v) is 7.66. The molecule has 4 nitrogen and oxygen atoms in total. The third-order valence-electron chi connectivity index (χ3n) is 3.12. The number of nitrogens with one attached hydrogen (secondary N) is 1. The van der Waals surface area contributed by atoms with E-state index in [9.17, 15) is 9.59 Å². The van der Waals surface area contributed by atoms with Gasteiger partial charge in [0.25, 0.3) is 5.91 Å². The maximum absolute atomic E-state index is 12.1. The SMILES string of the molecule is Cc1ccc(NC(=O)[C@H](C)OC(=O)c2ccc(Cl)cc2Cl)cc1. The van der Waals surface area contributed by atoms with Crippen LogP contribution in [0, 0.1) is 6.92 Å². The molecule has 6 heteroatoms. The number of anilines is 1. The summed E-state index contributed by atoms with van der Waals surface area (Å²) in [6, 6.07) is 11.7. The predicted molar refractivity (Wildman–Crippen MR) is 91.1 cm³/mol. The lowest BCUT2D eigenvalue weighted by molar-refractivity contribution is -0.123. The number of carbonyl (C=O) groups excluding carboxylic acids is 2. The van der Waals surface area contributed by atoms with E-state index in [4.69, 9.17) is 27.9 Å². The second-order valence-corrected chi connectivity index (χ2v) is 5.87. The Balaban J connectivity index is 2.00. The fraction of sp³-hybridized carbons (Fsp3) is 0.176. The molecule has 0 fully saturated rings. The van der Waals surface area contributed by atoms with Crippen molar-refractivity contribution in [3.63, 3.8) is 0 Å². The van der Waals surface area contributed by atoms with E-state index in [-0.39, 0.29) is 10.6 Å². The lowest BCUT2D eigenvalue weighted by Crippen LogP contribution is -2.30. The Labute approximate surface area is 144 Å². The van der Waals surface area contributed by atoms with Crippen LogP contribution in [0.5, 0.6) is 0 Å². The number of amides is 1. The van der Waals surface area contributed by atoms with E-state index >= 15 is 0 Å². The molecule has 2 aromatic carbocycles. The molecule has 1 amide bonds. The summed E-state index contributed by atoms with van der Waals surface area (Å²) in [5.41, 5.74) is 1.87. The Hall–Kier alpha value is -2.04. The molecule has 0 aliphatic heterocycles. The number of halogens is 2. The summed E-state index contributed by atoms with van der Waals surface area (Å²) in [4.78, 5) is 24.1. The first kappa shape index (κ1) is 17.3. The van der Waals surface area contributed by atoms with Crippen LogP contribution in [0.25, 0.3) is 0 Å². The van der Waals surface area contributed by atoms with Gasteiger partial charge in [0.2, 0.25) is 0 Å². The lowest BCUT2D eigenvalue weighted by atomic mass is 10.2. The largest absolute Gasteiger partial charge is 0.449 e. The Kier molecular flexibility index (Phi) is 5.64. The summed E-state index contributed by atoms with van der Waals surface area (Å²) >= 11 is 11.7. The van der Waals surface area contributed by atoms with Crippen molar-refractivity contribution in [3.05, 3.63) is 63.6 Å². The van der Waals surface area contributed by atoms with Crippen molar-refractivity contribution in [2.45, 2.75) is 20.0 Å². The highest BCUT2D eigenvalue weighted by Crippen LogP contribution is 2.22. The molecule has 0 radical (unpaired) electrons. The molecule has 0 saturated carbocycles. The molecule has 0 aliphatic rings. The number of esters is 1. The van der Waals surface area contributed by atoms with Gasteiger partial charge in [-0.25, -0.2) is 4.79 Å². The van der Waals surface area contributed by atoms with Crippen molar-refractivity contribution < 1.29 is 14.3 Å². The zero-order valence-electron chi connectivity index (χ0n) is 12.6. The Morgan fingerprint density at radius 1 is 1.09 bits per heavy atom. The van der Waals surface area contributed by atoms with Crippen LogP contribution in [0.1, 0.15) is 22.8 Å². The molecule has 120 valence electrons. The molecule has 2 rings (SSSR count). The average molecular weight is 352 g/mol. The van der Waals surface area contributed by atoms with E-state index in [0.717, 1.165) is 5.56 Å². The van der Waals surface area contributed by atoms with Crippen LogP contribution in [0.3, 0.4) is 0 Å². The molecule has 0 bridgehead atoms. The summed E-state index contributed by atoms with van der Waals surface area (Å²) in [7, 11) is 0. The van der Waals surface area contributed by atoms with E-state index in [2.05, 4.69) is 5.32 Å². The zero-order chi connectivity index (χ0) is 17.0. The fourth-order valence-corrected chi connectivity index (χ4v) is 2.30. The standard InChI is InChI=1S/C17H15Cl2NO3/c1-10-3-6-13(7-4-10)20-16(21)11(2)23-17(22)14-8-5-12(18)9-15(14)19/h3-9,11H,1-2H3,(H,20,21)/t11-/m0/s1. The third kappa shape index (κ3) is 4.71. The molecule has 1 N–H and O–H groups in total. The number of carbonyl (C=O) groups is 2. The minimum atomic E-state index is -0.962. The number of benzene rings is 2. The average Bonchev–Trinajstić information content (AvgIpc) is 2.49. The molecule has 2 aromatic rings. The van der Waals surface area contributed by atoms with Crippen molar-refractivity contribution in [2.75, 3.05) is 5.32 Å². The number of ether oxygens (including phenoxy) is 1. The van der Waals surface area contributed by atoms with Gasteiger partial charge in [-0.1, -0.05) is 40.9 Å². The molecular formula is C17H15Cl2NO3. The van der Waals surface area contributed by atoms with Gasteiger partial charge in [-0.05, 0) is 44.2 Å². The van der Waals surface area contributed by atoms with Gasteiger partial charge in [0, 0.05) is 10.7 Å². The highest BCUT2D eigenvalue weighted by Gasteiger charge is 2.20. The van der Waals surface area contributed by atoms with Crippen molar-refractivity contribution in [1.29, 1.82) is 0 Å². The highest BCUT2D eigenvalue weighted by atomic mass is 35.5. The van der Waals surface area contributed by atoms with E-state index in [1.165, 1.54) is 25.1 Å². The van der Waals surface area contributed by atoms with Gasteiger partial charge in [0.1, 0.15) is 0 Å². The van der Waals surface area contributed by atoms with Crippen LogP contribution in [-0.2, 0) is 9.53 Å². The Bertz CT molecular complexity index is 729. The highest BCUT2D eigenvalue weighted by molar-refractivity contribution is 6.36. The number of hydrogen-bond acceptors (Lipinski definition) is 3. The summed E-state index contributed by atoms with van der Waals surface area (Å²) in [6.45, 7) is 3.44. The maximum atomic E-state index is 12.1. The van der Waals surface area contributed by atoms with Crippen molar-refractivity contribution in [3.8, 4) is 0 Å². The smallest absolute Gasteiger partial charge is 0.340 e. The normalized spacial score (nSPS) is 11.7. The van der Waals surface area contributed by atoms with Crippen molar-refractivity contribution in [1.82, 2.24) is 0 Å². The minimum absolute atomic E-state index is 0.158. The molecule has 0 spiro atoms. The number of hydrogen-bond donors (Lipinski definition) is 1. The van der Waals surface area contributed by atoms with E-state index in [0.29, 0.717) is 10.7 Å². The third-order valence-corrected chi connectivity index (χ3v) is 3.67. The van der Waals surface area contributed by atoms with Gasteiger partial charge in [0.15, 0.2) is 6.10 Å². The van der Waals surface area contributed by atoms with E-state index in [1.54, 1.807) is 12.1 Å². The van der Waals surface area contributed by atoms with Crippen molar-refractivity contribution >= 4 is 40.8 Å². The second-order valence-electron chi connectivity index (χ2n) is 5.03. The van der Waals surface area contributed by atoms with E-state index < -0.39 is 18.0 Å². The van der Waals surface area contributed by atoms with E-state index in [1.807, 2.05) is 19.1 Å². The van der Waals surface area contributed by atoms with Crippen LogP contribution >= 0.6 is 23.2 Å². The van der Waals surface area contributed by atoms with Crippen LogP contribution in [0.15, 0.2) is 42.5 Å². The first-order chi connectivity index (χ1) is 10.9. The summed E-state index contributed by atoms with van der Waals surface area (Å²) < 4.78 is 5.14. The van der Waals surface area contributed by atoms with Crippen LogP contribution in [0.4, 0.5) is 5.69 Å². The quantitative estimate of drug-likeness (QED) is 0.825. The number of rotatable bonds is 4. The van der Waals surface area contributed by atoms with Crippen LogP contribution < -0.4 is 5.32 Å². The predicted octanol–water partition coefficient (Wildman–Crippen LogP) is 4.49. The summed E-state index contributed by atoms with van der Waals surface area (Å²) in [6.07, 6.45) is -0.962. The molecule has 23 heavy (non-hydrogen) atoms.